The van der Waals surface area contributed by atoms with Crippen LogP contribution in [0, 0.1) is 0 Å². The number of carbonyl (C=O) groups excluding carboxylic acids is 1. The molecule has 3 aromatic rings. The number of carbonyl (C=O) groups is 1. The molecule has 9 N–H and O–H groups in total. The van der Waals surface area contributed by atoms with E-state index in [-0.39, 0.29) is 27.0 Å². The summed E-state index contributed by atoms with van der Waals surface area (Å²) >= 11 is 0. The highest BCUT2D eigenvalue weighted by atomic mass is 32.2. The molecule has 0 unspecified atom stereocenters. The monoisotopic (exact) mass is 549 g/mol. The van der Waals surface area contributed by atoms with E-state index in [2.05, 4.69) is 5.32 Å². The maximum atomic E-state index is 11.4. The van der Waals surface area contributed by atoms with E-state index in [4.69, 9.17) is 25.1 Å². The van der Waals surface area contributed by atoms with Gasteiger partial charge in [-0.05, 0) is 47.9 Å². The Morgan fingerprint density at radius 1 is 0.829 bits per heavy atom. The molecule has 17 heteroatoms. The second kappa shape index (κ2) is 10.0. The molecular formula is C18H19N3O11S3. The number of nitrogen functional groups attached to an aromatic ring is 2. The topological polar surface area (TPSA) is 264 Å². The van der Waals surface area contributed by atoms with Crippen LogP contribution in [-0.2, 0) is 35.1 Å². The summed E-state index contributed by atoms with van der Waals surface area (Å²) in [7, 11) is -13.3. The van der Waals surface area contributed by atoms with E-state index in [9.17, 15) is 35.2 Å². The zero-order valence-corrected chi connectivity index (χ0v) is 19.8. The molecule has 0 bridgehead atoms. The van der Waals surface area contributed by atoms with Gasteiger partial charge < -0.3 is 21.9 Å². The lowest BCUT2D eigenvalue weighted by Gasteiger charge is -2.08. The van der Waals surface area contributed by atoms with Crippen LogP contribution in [0.15, 0.2) is 58.3 Å². The fraction of sp³-hybridized carbons (Fsp3) is 0.0556. The van der Waals surface area contributed by atoms with Crippen LogP contribution in [0.3, 0.4) is 0 Å². The number of rotatable bonds is 5. The number of nitrogens with one attached hydrogen (secondary N) is 1. The van der Waals surface area contributed by atoms with Crippen molar-refractivity contribution in [3.63, 3.8) is 0 Å². The number of fused-ring (bicyclic) bond motifs is 1. The van der Waals surface area contributed by atoms with Crippen LogP contribution in [0.25, 0.3) is 10.8 Å². The summed E-state index contributed by atoms with van der Waals surface area (Å²) in [6, 6.07) is 9.68. The van der Waals surface area contributed by atoms with Crippen LogP contribution in [-0.4, -0.2) is 55.7 Å². The Balaban J connectivity index is 0.000000303. The van der Waals surface area contributed by atoms with Gasteiger partial charge in [0.1, 0.15) is 10.6 Å². The number of amides is 1. The molecule has 14 nitrogen and oxygen atoms in total. The van der Waals surface area contributed by atoms with Crippen molar-refractivity contribution in [2.24, 2.45) is 0 Å². The summed E-state index contributed by atoms with van der Waals surface area (Å²) in [6.45, 7) is 0. The van der Waals surface area contributed by atoms with Gasteiger partial charge >= 0.3 is 0 Å². The molecule has 1 amide bonds. The highest BCUT2D eigenvalue weighted by molar-refractivity contribution is 7.86. The van der Waals surface area contributed by atoms with Crippen molar-refractivity contribution in [1.82, 2.24) is 0 Å². The van der Waals surface area contributed by atoms with Gasteiger partial charge in [-0.2, -0.15) is 25.3 Å². The van der Waals surface area contributed by atoms with Crippen molar-refractivity contribution in [2.75, 3.05) is 22.5 Å². The molecular weight excluding hydrogens is 530 g/mol. The average molecular weight is 550 g/mol. The van der Waals surface area contributed by atoms with Crippen LogP contribution in [0.1, 0.15) is 0 Å². The van der Waals surface area contributed by atoms with Gasteiger partial charge in [-0.25, -0.2) is 0 Å². The van der Waals surface area contributed by atoms with E-state index in [1.165, 1.54) is 30.3 Å². The molecule has 0 aliphatic carbocycles. The Labute approximate surface area is 199 Å². The second-order valence-corrected chi connectivity index (χ2v) is 11.2. The molecule has 0 fully saturated rings. The number of aromatic hydroxyl groups is 1. The van der Waals surface area contributed by atoms with Crippen molar-refractivity contribution in [3.8, 4) is 5.75 Å². The number of phenolic OH excluding ortho intramolecular Hbond substituents is 1. The van der Waals surface area contributed by atoms with E-state index in [1.54, 1.807) is 0 Å². The van der Waals surface area contributed by atoms with Gasteiger partial charge in [-0.1, -0.05) is 0 Å². The average Bonchev–Trinajstić information content (AvgIpc) is 2.64. The fourth-order valence-corrected chi connectivity index (χ4v) is 4.25. The molecule has 0 radical (unpaired) electrons. The van der Waals surface area contributed by atoms with Crippen molar-refractivity contribution in [2.45, 2.75) is 9.79 Å². The number of hydrogen-bond acceptors (Lipinski definition) is 10. The SMILES string of the molecule is Nc1ccc(S(=O)(=O)O)c(N)c1.O=C(CS(=O)(=O)O)Nc1ccc2c(O)cc(S(=O)(=O)O)cc2c1. The zero-order chi connectivity index (χ0) is 26.8. The quantitative estimate of drug-likeness (QED) is 0.171. The molecule has 0 atom stereocenters. The van der Waals surface area contributed by atoms with Gasteiger partial charge in [0.05, 0.1) is 10.6 Å². The van der Waals surface area contributed by atoms with Gasteiger partial charge in [-0.15, -0.1) is 0 Å². The van der Waals surface area contributed by atoms with Crippen LogP contribution in [0.4, 0.5) is 17.1 Å². The second-order valence-electron chi connectivity index (χ2n) is 6.90. The standard InChI is InChI=1S/C12H11NO8S2.C6H8N2O3S/c14-11-5-9(23(19,20)21)4-7-3-8(1-2-10(7)11)13-12(15)6-22(16,17)18;7-4-1-2-6(5(8)3-4)12(9,10)11/h1-5,14H,6H2,(H,13,15)(H,16,17,18)(H,19,20,21);1-3H,7-8H2,(H,9,10,11). The smallest absolute Gasteiger partial charge is 0.296 e. The van der Waals surface area contributed by atoms with Gasteiger partial charge in [-0.3, -0.25) is 18.5 Å². The molecule has 0 aliphatic rings. The van der Waals surface area contributed by atoms with Crippen LogP contribution in [0.5, 0.6) is 5.75 Å². The van der Waals surface area contributed by atoms with E-state index in [0.717, 1.165) is 18.2 Å². The summed E-state index contributed by atoms with van der Waals surface area (Å²) in [6.07, 6.45) is 0. The minimum Gasteiger partial charge on any atom is -0.507 e. The normalized spacial score (nSPS) is 12.0. The minimum absolute atomic E-state index is 0.0579. The zero-order valence-electron chi connectivity index (χ0n) is 17.4. The molecule has 0 saturated carbocycles. The van der Waals surface area contributed by atoms with Crippen molar-refractivity contribution in [1.29, 1.82) is 0 Å². The summed E-state index contributed by atoms with van der Waals surface area (Å²) in [5.74, 6) is -2.53. The van der Waals surface area contributed by atoms with Gasteiger partial charge in [0.15, 0.2) is 5.75 Å². The molecule has 0 aromatic heterocycles. The molecule has 3 rings (SSSR count). The van der Waals surface area contributed by atoms with Crippen molar-refractivity contribution in [3.05, 3.63) is 48.5 Å². The Bertz CT molecular complexity index is 1620. The van der Waals surface area contributed by atoms with Crippen LogP contribution in [0.2, 0.25) is 0 Å². The molecule has 35 heavy (non-hydrogen) atoms. The Morgan fingerprint density at radius 3 is 1.97 bits per heavy atom. The van der Waals surface area contributed by atoms with E-state index in [1.807, 2.05) is 0 Å². The van der Waals surface area contributed by atoms with Gasteiger partial charge in [0.2, 0.25) is 5.91 Å². The minimum atomic E-state index is -4.54. The largest absolute Gasteiger partial charge is 0.507 e. The van der Waals surface area contributed by atoms with E-state index >= 15 is 0 Å². The summed E-state index contributed by atoms with van der Waals surface area (Å²) < 4.78 is 90.9. The fourth-order valence-electron chi connectivity index (χ4n) is 2.71. The first kappa shape index (κ1) is 27.8. The van der Waals surface area contributed by atoms with E-state index in [0.29, 0.717) is 5.69 Å². The lowest BCUT2D eigenvalue weighted by atomic mass is 10.1. The number of hydrogen-bond donors (Lipinski definition) is 7. The molecule has 190 valence electrons. The first-order valence-corrected chi connectivity index (χ1v) is 13.5. The molecule has 0 heterocycles. The maximum Gasteiger partial charge on any atom is 0.296 e. The Hall–Kier alpha value is -3.48. The molecule has 3 aromatic carbocycles. The lowest BCUT2D eigenvalue weighted by Crippen LogP contribution is -2.22. The first-order chi connectivity index (χ1) is 15.9. The third-order valence-corrected chi connectivity index (χ3v) is 6.50. The van der Waals surface area contributed by atoms with Crippen molar-refractivity contribution < 1.29 is 48.8 Å². The lowest BCUT2D eigenvalue weighted by molar-refractivity contribution is -0.113. The number of phenols is 1. The highest BCUT2D eigenvalue weighted by Crippen LogP contribution is 2.30. The summed E-state index contributed by atoms with van der Waals surface area (Å²) in [4.78, 5) is 10.6. The number of nitrogens with two attached hydrogens (primary N) is 2. The third-order valence-electron chi connectivity index (χ3n) is 4.11. The predicted octanol–water partition coefficient (Wildman–Crippen LogP) is 0.716. The Morgan fingerprint density at radius 2 is 1.46 bits per heavy atom. The van der Waals surface area contributed by atoms with Crippen LogP contribution < -0.4 is 16.8 Å². The molecule has 0 spiro atoms. The maximum absolute atomic E-state index is 11.4. The summed E-state index contributed by atoms with van der Waals surface area (Å²) in [5, 5.41) is 12.4. The van der Waals surface area contributed by atoms with E-state index < -0.39 is 52.7 Å². The number of benzene rings is 3. The number of anilines is 3. The predicted molar refractivity (Wildman–Crippen MR) is 126 cm³/mol. The van der Waals surface area contributed by atoms with Gasteiger partial charge in [0.25, 0.3) is 30.4 Å². The molecule has 0 aliphatic heterocycles. The van der Waals surface area contributed by atoms with Crippen LogP contribution >= 0.6 is 0 Å². The first-order valence-electron chi connectivity index (χ1n) is 8.98. The summed E-state index contributed by atoms with van der Waals surface area (Å²) in [5.41, 5.74) is 11.0. The third kappa shape index (κ3) is 8.05. The highest BCUT2D eigenvalue weighted by Gasteiger charge is 2.16. The molecule has 0 saturated heterocycles. The Kier molecular flexibility index (Phi) is 7.95. The van der Waals surface area contributed by atoms with Crippen molar-refractivity contribution >= 4 is 64.1 Å². The van der Waals surface area contributed by atoms with Gasteiger partial charge in [0, 0.05) is 22.8 Å².